The number of hydrogen-bond donors (Lipinski definition) is 1. The van der Waals surface area contributed by atoms with Crippen LogP contribution in [0.2, 0.25) is 0 Å². The molecule has 3 fully saturated rings. The van der Waals surface area contributed by atoms with E-state index in [4.69, 9.17) is 5.73 Å². The highest BCUT2D eigenvalue weighted by atomic mass is 15.2. The summed E-state index contributed by atoms with van der Waals surface area (Å²) in [6.45, 7) is 8.75. The van der Waals surface area contributed by atoms with Crippen molar-refractivity contribution in [2.45, 2.75) is 51.1 Å². The second-order valence-electron chi connectivity index (χ2n) is 6.64. The molecule has 0 bridgehead atoms. The summed E-state index contributed by atoms with van der Waals surface area (Å²) in [6.07, 6.45) is 6.82. The van der Waals surface area contributed by atoms with Crippen LogP contribution in [0.15, 0.2) is 0 Å². The van der Waals surface area contributed by atoms with Crippen LogP contribution in [0.4, 0.5) is 0 Å². The summed E-state index contributed by atoms with van der Waals surface area (Å²) >= 11 is 0. The van der Waals surface area contributed by atoms with Crippen molar-refractivity contribution >= 4 is 0 Å². The van der Waals surface area contributed by atoms with E-state index in [1.54, 1.807) is 0 Å². The molecular weight excluding hydrogens is 222 g/mol. The normalized spacial score (nSPS) is 40.0. The van der Waals surface area contributed by atoms with Gasteiger partial charge in [0, 0.05) is 25.2 Å². The summed E-state index contributed by atoms with van der Waals surface area (Å²) in [5.41, 5.74) is 6.32. The van der Waals surface area contributed by atoms with Crippen LogP contribution in [0.5, 0.6) is 0 Å². The molecule has 3 nitrogen and oxygen atoms in total. The van der Waals surface area contributed by atoms with Gasteiger partial charge in [0.2, 0.25) is 0 Å². The molecule has 3 atom stereocenters. The fourth-order valence-electron chi connectivity index (χ4n) is 4.45. The largest absolute Gasteiger partial charge is 0.327 e. The smallest absolute Gasteiger partial charge is 0.0120 e. The molecule has 2 saturated heterocycles. The first-order chi connectivity index (χ1) is 8.78. The first-order valence-electron chi connectivity index (χ1n) is 8.00. The van der Waals surface area contributed by atoms with Gasteiger partial charge in [0.05, 0.1) is 0 Å². The van der Waals surface area contributed by atoms with Gasteiger partial charge < -0.3 is 10.6 Å². The zero-order valence-electron chi connectivity index (χ0n) is 11.9. The lowest BCUT2D eigenvalue weighted by atomic mass is 9.78. The summed E-state index contributed by atoms with van der Waals surface area (Å²) < 4.78 is 0. The van der Waals surface area contributed by atoms with Crippen LogP contribution in [0.25, 0.3) is 0 Å². The monoisotopic (exact) mass is 251 g/mol. The summed E-state index contributed by atoms with van der Waals surface area (Å²) in [5.74, 6) is 1.72. The molecule has 0 amide bonds. The Morgan fingerprint density at radius 1 is 1.06 bits per heavy atom. The maximum Gasteiger partial charge on any atom is 0.0120 e. The van der Waals surface area contributed by atoms with E-state index in [-0.39, 0.29) is 0 Å². The molecule has 2 N–H and O–H groups in total. The fraction of sp³-hybridized carbons (Fsp3) is 1.00. The van der Waals surface area contributed by atoms with Crippen LogP contribution in [0.1, 0.15) is 39.0 Å². The van der Waals surface area contributed by atoms with Crippen LogP contribution in [-0.4, -0.2) is 54.6 Å². The molecule has 1 saturated carbocycles. The third kappa shape index (κ3) is 2.45. The molecule has 3 rings (SSSR count). The molecule has 18 heavy (non-hydrogen) atoms. The topological polar surface area (TPSA) is 32.5 Å². The zero-order chi connectivity index (χ0) is 12.5. The van der Waals surface area contributed by atoms with Crippen LogP contribution >= 0.6 is 0 Å². The van der Waals surface area contributed by atoms with Crippen molar-refractivity contribution in [2.75, 3.05) is 32.7 Å². The Labute approximate surface area is 112 Å². The minimum atomic E-state index is 0.490. The Kier molecular flexibility index (Phi) is 3.92. The molecule has 0 aromatic heterocycles. The van der Waals surface area contributed by atoms with Crippen molar-refractivity contribution < 1.29 is 0 Å². The third-order valence-electron chi connectivity index (χ3n) is 5.70. The van der Waals surface area contributed by atoms with Crippen molar-refractivity contribution in [1.29, 1.82) is 0 Å². The highest BCUT2D eigenvalue weighted by molar-refractivity contribution is 4.95. The number of rotatable bonds is 2. The lowest BCUT2D eigenvalue weighted by molar-refractivity contribution is 0.125. The predicted octanol–water partition coefficient (Wildman–Crippen LogP) is 1.53. The average molecular weight is 251 g/mol. The van der Waals surface area contributed by atoms with Gasteiger partial charge in [0.1, 0.15) is 0 Å². The minimum Gasteiger partial charge on any atom is -0.327 e. The minimum absolute atomic E-state index is 0.490. The summed E-state index contributed by atoms with van der Waals surface area (Å²) in [5, 5.41) is 0. The lowest BCUT2D eigenvalue weighted by Crippen LogP contribution is -2.44. The van der Waals surface area contributed by atoms with Crippen LogP contribution < -0.4 is 5.73 Å². The van der Waals surface area contributed by atoms with Gasteiger partial charge in [-0.2, -0.15) is 0 Å². The first kappa shape index (κ1) is 12.9. The molecule has 3 aliphatic rings. The van der Waals surface area contributed by atoms with E-state index in [1.807, 2.05) is 0 Å². The summed E-state index contributed by atoms with van der Waals surface area (Å²) in [4.78, 5) is 5.37. The Hall–Kier alpha value is -0.120. The Morgan fingerprint density at radius 2 is 1.83 bits per heavy atom. The number of piperidine rings is 1. The van der Waals surface area contributed by atoms with Gasteiger partial charge in [-0.3, -0.25) is 4.90 Å². The van der Waals surface area contributed by atoms with Gasteiger partial charge in [-0.05, 0) is 57.2 Å². The quantitative estimate of drug-likeness (QED) is 0.808. The van der Waals surface area contributed by atoms with E-state index in [0.29, 0.717) is 6.04 Å². The number of nitrogens with two attached hydrogens (primary N) is 1. The van der Waals surface area contributed by atoms with E-state index in [0.717, 1.165) is 17.9 Å². The molecule has 0 aromatic carbocycles. The van der Waals surface area contributed by atoms with E-state index in [2.05, 4.69) is 16.7 Å². The highest BCUT2D eigenvalue weighted by Crippen LogP contribution is 2.37. The van der Waals surface area contributed by atoms with Crippen LogP contribution in [0, 0.1) is 11.8 Å². The fourth-order valence-corrected chi connectivity index (χ4v) is 4.45. The van der Waals surface area contributed by atoms with Gasteiger partial charge in [-0.15, -0.1) is 0 Å². The van der Waals surface area contributed by atoms with Crippen LogP contribution in [0.3, 0.4) is 0 Å². The van der Waals surface area contributed by atoms with Crippen molar-refractivity contribution in [3.63, 3.8) is 0 Å². The Morgan fingerprint density at radius 3 is 2.50 bits per heavy atom. The molecule has 0 radical (unpaired) electrons. The first-order valence-corrected chi connectivity index (χ1v) is 8.00. The maximum atomic E-state index is 6.32. The maximum absolute atomic E-state index is 6.32. The van der Waals surface area contributed by atoms with Crippen molar-refractivity contribution in [1.82, 2.24) is 9.80 Å². The van der Waals surface area contributed by atoms with Gasteiger partial charge in [-0.25, -0.2) is 0 Å². The molecule has 2 heterocycles. The van der Waals surface area contributed by atoms with Gasteiger partial charge in [0.25, 0.3) is 0 Å². The summed E-state index contributed by atoms with van der Waals surface area (Å²) in [7, 11) is 0. The summed E-state index contributed by atoms with van der Waals surface area (Å²) in [6, 6.07) is 1.34. The molecule has 1 aliphatic carbocycles. The number of fused-ring (bicyclic) bond motifs is 1. The number of likely N-dealkylation sites (tertiary alicyclic amines) is 2. The van der Waals surface area contributed by atoms with E-state index in [1.165, 1.54) is 64.8 Å². The van der Waals surface area contributed by atoms with E-state index < -0.39 is 0 Å². The number of hydrogen-bond acceptors (Lipinski definition) is 3. The molecule has 0 aromatic rings. The second-order valence-corrected chi connectivity index (χ2v) is 6.64. The molecule has 104 valence electrons. The van der Waals surface area contributed by atoms with Gasteiger partial charge in [0.15, 0.2) is 0 Å². The Bertz CT molecular complexity index is 273. The standard InChI is InChI=1S/C15H29N3/c1-2-17-8-6-13(7-9-17)18-10-12-4-3-5-15(16)14(12)11-18/h12-15H,2-11,16H2,1H3. The highest BCUT2D eigenvalue weighted by Gasteiger charge is 2.41. The van der Waals surface area contributed by atoms with Crippen LogP contribution in [-0.2, 0) is 0 Å². The average Bonchev–Trinajstić information content (AvgIpc) is 2.84. The van der Waals surface area contributed by atoms with Crippen molar-refractivity contribution in [3.05, 3.63) is 0 Å². The Balaban J connectivity index is 1.55. The van der Waals surface area contributed by atoms with Gasteiger partial charge in [-0.1, -0.05) is 13.3 Å². The van der Waals surface area contributed by atoms with Crippen molar-refractivity contribution in [3.8, 4) is 0 Å². The van der Waals surface area contributed by atoms with E-state index in [9.17, 15) is 0 Å². The third-order valence-corrected chi connectivity index (χ3v) is 5.70. The molecule has 3 unspecified atom stereocenters. The molecule has 0 spiro atoms. The molecule has 2 aliphatic heterocycles. The number of nitrogens with zero attached hydrogens (tertiary/aromatic N) is 2. The molecule has 3 heteroatoms. The predicted molar refractivity (Wildman–Crippen MR) is 75.5 cm³/mol. The zero-order valence-corrected chi connectivity index (χ0v) is 11.9. The SMILES string of the molecule is CCN1CCC(N2CC3CCCC(N)C3C2)CC1. The second kappa shape index (κ2) is 5.48. The lowest BCUT2D eigenvalue weighted by Gasteiger charge is -2.36. The van der Waals surface area contributed by atoms with Gasteiger partial charge >= 0.3 is 0 Å². The van der Waals surface area contributed by atoms with Crippen molar-refractivity contribution in [2.24, 2.45) is 17.6 Å². The van der Waals surface area contributed by atoms with E-state index >= 15 is 0 Å². The molecular formula is C15H29N3.